The van der Waals surface area contributed by atoms with E-state index >= 15 is 0 Å². The normalized spacial score (nSPS) is 17.8. The summed E-state index contributed by atoms with van der Waals surface area (Å²) in [5.74, 6) is 0. The summed E-state index contributed by atoms with van der Waals surface area (Å²) in [5.41, 5.74) is 1.06. The highest BCUT2D eigenvalue weighted by Gasteiger charge is 2.22. The molecule has 0 spiro atoms. The number of carbonyl (C=O) groups is 1. The number of hydrogen-bond donors (Lipinski definition) is 2. The highest BCUT2D eigenvalue weighted by Crippen LogP contribution is 2.29. The van der Waals surface area contributed by atoms with Crippen molar-refractivity contribution in [2.45, 2.75) is 38.8 Å². The van der Waals surface area contributed by atoms with Gasteiger partial charge in [-0.2, -0.15) is 0 Å². The second-order valence-electron chi connectivity index (χ2n) is 5.72. The summed E-state index contributed by atoms with van der Waals surface area (Å²) in [7, 11) is 0. The van der Waals surface area contributed by atoms with Gasteiger partial charge in [0.15, 0.2) is 0 Å². The van der Waals surface area contributed by atoms with Gasteiger partial charge in [0, 0.05) is 19.1 Å². The van der Waals surface area contributed by atoms with Gasteiger partial charge in [-0.3, -0.25) is 5.32 Å². The zero-order valence-electron chi connectivity index (χ0n) is 13.2. The van der Waals surface area contributed by atoms with E-state index in [0.29, 0.717) is 17.7 Å². The van der Waals surface area contributed by atoms with E-state index in [1.807, 2.05) is 30.3 Å². The zero-order valence-corrected chi connectivity index (χ0v) is 14.0. The Morgan fingerprint density at radius 3 is 2.91 bits per heavy atom. The van der Waals surface area contributed by atoms with Gasteiger partial charge in [-0.25, -0.2) is 4.79 Å². The maximum Gasteiger partial charge on any atom is 0.321 e. The number of hydrogen-bond acceptors (Lipinski definition) is 5. The topological polar surface area (TPSA) is 70.2 Å². The highest BCUT2D eigenvalue weighted by molar-refractivity contribution is 7.19. The molecule has 1 unspecified atom stereocenters. The molecule has 6 nitrogen and oxygen atoms in total. The number of nitrogens with zero attached hydrogens (tertiary/aromatic N) is 3. The number of anilines is 2. The lowest BCUT2D eigenvalue weighted by atomic mass is 10.1. The third kappa shape index (κ3) is 4.19. The predicted molar refractivity (Wildman–Crippen MR) is 92.9 cm³/mol. The molecule has 2 heterocycles. The standard InChI is InChI=1S/C16H21N5OS/c1-12-7-5-6-10-21(12)16-20-19-15(23-16)18-14(22)17-11-13-8-3-2-4-9-13/h2-4,8-9,12H,5-7,10-11H2,1H3,(H2,17,18,19,22). The van der Waals surface area contributed by atoms with Crippen molar-refractivity contribution in [3.8, 4) is 0 Å². The molecule has 2 amide bonds. The van der Waals surface area contributed by atoms with Crippen molar-refractivity contribution < 1.29 is 4.79 Å². The molecule has 23 heavy (non-hydrogen) atoms. The molecule has 1 aromatic heterocycles. The van der Waals surface area contributed by atoms with Crippen LogP contribution in [0.1, 0.15) is 31.7 Å². The van der Waals surface area contributed by atoms with Gasteiger partial charge < -0.3 is 10.2 Å². The largest absolute Gasteiger partial charge is 0.344 e. The molecule has 0 saturated carbocycles. The number of amides is 2. The van der Waals surface area contributed by atoms with E-state index in [1.54, 1.807) is 0 Å². The molecule has 2 aromatic rings. The third-order valence-electron chi connectivity index (χ3n) is 3.98. The molecule has 1 aromatic carbocycles. The van der Waals surface area contributed by atoms with Gasteiger partial charge in [0.2, 0.25) is 10.3 Å². The van der Waals surface area contributed by atoms with Crippen molar-refractivity contribution in [1.82, 2.24) is 15.5 Å². The van der Waals surface area contributed by atoms with Crippen LogP contribution in [-0.4, -0.2) is 28.8 Å². The summed E-state index contributed by atoms with van der Waals surface area (Å²) in [6.45, 7) is 3.71. The molecular weight excluding hydrogens is 310 g/mol. The lowest BCUT2D eigenvalue weighted by Crippen LogP contribution is -2.37. The molecule has 122 valence electrons. The second-order valence-corrected chi connectivity index (χ2v) is 6.68. The Bertz CT molecular complexity index is 645. The molecule has 0 radical (unpaired) electrons. The fraction of sp³-hybridized carbons (Fsp3) is 0.438. The maximum absolute atomic E-state index is 11.9. The van der Waals surface area contributed by atoms with E-state index in [1.165, 1.54) is 30.6 Å². The number of aromatic nitrogens is 2. The Morgan fingerprint density at radius 1 is 1.30 bits per heavy atom. The lowest BCUT2D eigenvalue weighted by Gasteiger charge is -2.32. The number of piperidine rings is 1. The predicted octanol–water partition coefficient (Wildman–Crippen LogP) is 3.24. The number of urea groups is 1. The van der Waals surface area contributed by atoms with Gasteiger partial charge in [-0.05, 0) is 31.7 Å². The van der Waals surface area contributed by atoms with Crippen LogP contribution in [0.2, 0.25) is 0 Å². The summed E-state index contributed by atoms with van der Waals surface area (Å²) in [6.07, 6.45) is 3.63. The van der Waals surface area contributed by atoms with E-state index < -0.39 is 0 Å². The first-order valence-electron chi connectivity index (χ1n) is 7.91. The minimum Gasteiger partial charge on any atom is -0.344 e. The van der Waals surface area contributed by atoms with Crippen LogP contribution in [0.3, 0.4) is 0 Å². The Kier molecular flexibility index (Phi) is 5.07. The van der Waals surface area contributed by atoms with Gasteiger partial charge in [0.25, 0.3) is 0 Å². The second kappa shape index (κ2) is 7.41. The first-order valence-corrected chi connectivity index (χ1v) is 8.73. The van der Waals surface area contributed by atoms with E-state index in [4.69, 9.17) is 0 Å². The van der Waals surface area contributed by atoms with Gasteiger partial charge in [-0.1, -0.05) is 41.7 Å². The monoisotopic (exact) mass is 331 g/mol. The van der Waals surface area contributed by atoms with Gasteiger partial charge in [-0.15, -0.1) is 10.2 Å². The number of benzene rings is 1. The summed E-state index contributed by atoms with van der Waals surface area (Å²) in [5, 5.41) is 15.3. The van der Waals surface area contributed by atoms with Crippen molar-refractivity contribution in [2.24, 2.45) is 0 Å². The van der Waals surface area contributed by atoms with E-state index in [9.17, 15) is 4.79 Å². The van der Waals surface area contributed by atoms with Crippen LogP contribution in [0.5, 0.6) is 0 Å². The Balaban J connectivity index is 1.53. The van der Waals surface area contributed by atoms with Crippen LogP contribution in [-0.2, 0) is 6.54 Å². The average Bonchev–Trinajstić information content (AvgIpc) is 3.02. The molecule has 1 saturated heterocycles. The number of rotatable bonds is 4. The fourth-order valence-electron chi connectivity index (χ4n) is 2.68. The van der Waals surface area contributed by atoms with Gasteiger partial charge in [0.05, 0.1) is 0 Å². The molecule has 3 rings (SSSR count). The number of carbonyl (C=O) groups excluding carboxylic acids is 1. The van der Waals surface area contributed by atoms with Crippen molar-refractivity contribution in [3.05, 3.63) is 35.9 Å². The first-order chi connectivity index (χ1) is 11.2. The van der Waals surface area contributed by atoms with Crippen molar-refractivity contribution >= 4 is 27.6 Å². The maximum atomic E-state index is 11.9. The molecule has 1 aliphatic heterocycles. The van der Waals surface area contributed by atoms with E-state index in [0.717, 1.165) is 17.2 Å². The third-order valence-corrected chi connectivity index (χ3v) is 4.86. The molecule has 1 aliphatic rings. The van der Waals surface area contributed by atoms with Crippen LogP contribution in [0.25, 0.3) is 0 Å². The Morgan fingerprint density at radius 2 is 2.13 bits per heavy atom. The first kappa shape index (κ1) is 15.7. The van der Waals surface area contributed by atoms with Crippen LogP contribution >= 0.6 is 11.3 Å². The molecule has 0 bridgehead atoms. The quantitative estimate of drug-likeness (QED) is 0.902. The van der Waals surface area contributed by atoms with Crippen LogP contribution in [0.4, 0.5) is 15.1 Å². The minimum absolute atomic E-state index is 0.261. The van der Waals surface area contributed by atoms with Crippen LogP contribution in [0, 0.1) is 0 Å². The van der Waals surface area contributed by atoms with Crippen molar-refractivity contribution in [3.63, 3.8) is 0 Å². The SMILES string of the molecule is CC1CCCCN1c1nnc(NC(=O)NCc2ccccc2)s1. The molecule has 2 N–H and O–H groups in total. The van der Waals surface area contributed by atoms with Gasteiger partial charge in [0.1, 0.15) is 0 Å². The van der Waals surface area contributed by atoms with Crippen LogP contribution in [0.15, 0.2) is 30.3 Å². The highest BCUT2D eigenvalue weighted by atomic mass is 32.1. The fourth-order valence-corrected chi connectivity index (χ4v) is 3.55. The molecule has 7 heteroatoms. The lowest BCUT2D eigenvalue weighted by molar-refractivity contribution is 0.251. The van der Waals surface area contributed by atoms with Crippen LogP contribution < -0.4 is 15.5 Å². The smallest absolute Gasteiger partial charge is 0.321 e. The van der Waals surface area contributed by atoms with E-state index in [-0.39, 0.29) is 6.03 Å². The van der Waals surface area contributed by atoms with Crippen molar-refractivity contribution in [2.75, 3.05) is 16.8 Å². The average molecular weight is 331 g/mol. The molecule has 1 atom stereocenters. The van der Waals surface area contributed by atoms with Gasteiger partial charge >= 0.3 is 6.03 Å². The van der Waals surface area contributed by atoms with E-state index in [2.05, 4.69) is 32.7 Å². The van der Waals surface area contributed by atoms with Crippen molar-refractivity contribution in [1.29, 1.82) is 0 Å². The summed E-state index contributed by atoms with van der Waals surface area (Å²) >= 11 is 1.42. The summed E-state index contributed by atoms with van der Waals surface area (Å²) in [6, 6.07) is 10.0. The minimum atomic E-state index is -0.261. The Hall–Kier alpha value is -2.15. The zero-order chi connectivity index (χ0) is 16.1. The summed E-state index contributed by atoms with van der Waals surface area (Å²) in [4.78, 5) is 14.2. The Labute approximate surface area is 139 Å². The molecular formula is C16H21N5OS. The summed E-state index contributed by atoms with van der Waals surface area (Å²) < 4.78 is 0. The number of nitrogens with one attached hydrogen (secondary N) is 2. The molecule has 1 fully saturated rings. The molecule has 0 aliphatic carbocycles.